The van der Waals surface area contributed by atoms with Crippen LogP contribution in [0.4, 0.5) is 0 Å². The Morgan fingerprint density at radius 2 is 2.05 bits per heavy atom. The first-order valence-corrected chi connectivity index (χ1v) is 7.09. The van der Waals surface area contributed by atoms with E-state index < -0.39 is 0 Å². The monoisotopic (exact) mass is 260 g/mol. The zero-order valence-electron chi connectivity index (χ0n) is 11.9. The molecule has 0 radical (unpaired) electrons. The molecular weight excluding hydrogens is 236 g/mol. The van der Waals surface area contributed by atoms with Crippen molar-refractivity contribution in [1.82, 2.24) is 4.90 Å². The van der Waals surface area contributed by atoms with E-state index in [2.05, 4.69) is 26.0 Å². The van der Waals surface area contributed by atoms with Crippen molar-refractivity contribution in [2.45, 2.75) is 44.6 Å². The molecule has 3 heteroatoms. The minimum absolute atomic E-state index is 0.125. The van der Waals surface area contributed by atoms with Crippen molar-refractivity contribution in [3.8, 4) is 0 Å². The third-order valence-electron chi connectivity index (χ3n) is 4.12. The zero-order valence-corrected chi connectivity index (χ0v) is 11.9. The van der Waals surface area contributed by atoms with Crippen LogP contribution >= 0.6 is 0 Å². The van der Waals surface area contributed by atoms with Crippen LogP contribution in [-0.2, 0) is 10.2 Å². The SMILES string of the molecule is CC(C)(CC(=O)N1CCC[C@H]1CN)c1ccccc1. The fraction of sp³-hybridized carbons (Fsp3) is 0.562. The lowest BCUT2D eigenvalue weighted by atomic mass is 9.81. The smallest absolute Gasteiger partial charge is 0.223 e. The van der Waals surface area contributed by atoms with Gasteiger partial charge >= 0.3 is 0 Å². The molecule has 104 valence electrons. The highest BCUT2D eigenvalue weighted by atomic mass is 16.2. The van der Waals surface area contributed by atoms with Crippen LogP contribution in [0.15, 0.2) is 30.3 Å². The summed E-state index contributed by atoms with van der Waals surface area (Å²) in [4.78, 5) is 14.5. The maximum absolute atomic E-state index is 12.5. The molecule has 1 heterocycles. The van der Waals surface area contributed by atoms with E-state index in [0.717, 1.165) is 19.4 Å². The minimum Gasteiger partial charge on any atom is -0.338 e. The van der Waals surface area contributed by atoms with Gasteiger partial charge in [-0.2, -0.15) is 0 Å². The molecule has 2 rings (SSSR count). The standard InChI is InChI=1S/C16H24N2O/c1-16(2,13-7-4-3-5-8-13)11-15(19)18-10-6-9-14(18)12-17/h3-5,7-8,14H,6,9-12,17H2,1-2H3/t14-/m0/s1. The number of nitrogens with zero attached hydrogens (tertiary/aromatic N) is 1. The molecule has 1 aromatic rings. The Morgan fingerprint density at radius 1 is 1.37 bits per heavy atom. The number of hydrogen-bond acceptors (Lipinski definition) is 2. The molecule has 1 saturated heterocycles. The van der Waals surface area contributed by atoms with Crippen LogP contribution in [0.25, 0.3) is 0 Å². The van der Waals surface area contributed by atoms with Crippen LogP contribution in [0.5, 0.6) is 0 Å². The van der Waals surface area contributed by atoms with Gasteiger partial charge in [0.1, 0.15) is 0 Å². The summed E-state index contributed by atoms with van der Waals surface area (Å²) in [6.07, 6.45) is 2.68. The molecule has 1 aromatic carbocycles. The number of rotatable bonds is 4. The van der Waals surface area contributed by atoms with E-state index in [9.17, 15) is 4.79 Å². The molecule has 0 unspecified atom stereocenters. The van der Waals surface area contributed by atoms with Crippen molar-refractivity contribution >= 4 is 5.91 Å². The maximum atomic E-state index is 12.5. The van der Waals surface area contributed by atoms with Gasteiger partial charge in [-0.1, -0.05) is 44.2 Å². The molecule has 0 aromatic heterocycles. The van der Waals surface area contributed by atoms with E-state index in [1.54, 1.807) is 0 Å². The lowest BCUT2D eigenvalue weighted by molar-refractivity contribution is -0.133. The van der Waals surface area contributed by atoms with Gasteiger partial charge in [0.15, 0.2) is 0 Å². The van der Waals surface area contributed by atoms with Gasteiger partial charge in [-0.3, -0.25) is 4.79 Å². The Kier molecular flexibility index (Phi) is 4.25. The van der Waals surface area contributed by atoms with E-state index in [1.165, 1.54) is 5.56 Å². The van der Waals surface area contributed by atoms with Crippen molar-refractivity contribution in [3.63, 3.8) is 0 Å². The second-order valence-electron chi connectivity index (χ2n) is 6.05. The second kappa shape index (κ2) is 5.74. The average molecular weight is 260 g/mol. The van der Waals surface area contributed by atoms with Crippen LogP contribution in [-0.4, -0.2) is 29.9 Å². The fourth-order valence-electron chi connectivity index (χ4n) is 2.88. The Bertz CT molecular complexity index is 428. The topological polar surface area (TPSA) is 46.3 Å². The first-order chi connectivity index (χ1) is 9.04. The lowest BCUT2D eigenvalue weighted by Gasteiger charge is -2.30. The van der Waals surface area contributed by atoms with Crippen LogP contribution in [0.2, 0.25) is 0 Å². The molecule has 3 nitrogen and oxygen atoms in total. The second-order valence-corrected chi connectivity index (χ2v) is 6.05. The summed E-state index contributed by atoms with van der Waals surface area (Å²) in [5, 5.41) is 0. The third kappa shape index (κ3) is 3.16. The number of benzene rings is 1. The van der Waals surface area contributed by atoms with Crippen molar-refractivity contribution in [2.75, 3.05) is 13.1 Å². The summed E-state index contributed by atoms with van der Waals surface area (Å²) < 4.78 is 0. The van der Waals surface area contributed by atoms with Crippen LogP contribution in [0, 0.1) is 0 Å². The van der Waals surface area contributed by atoms with E-state index >= 15 is 0 Å². The number of amides is 1. The normalized spacial score (nSPS) is 19.7. The zero-order chi connectivity index (χ0) is 13.9. The molecule has 0 spiro atoms. The molecule has 1 amide bonds. The summed E-state index contributed by atoms with van der Waals surface area (Å²) in [6, 6.07) is 10.5. The summed E-state index contributed by atoms with van der Waals surface area (Å²) in [7, 11) is 0. The first-order valence-electron chi connectivity index (χ1n) is 7.09. The number of likely N-dealkylation sites (tertiary alicyclic amines) is 1. The summed E-state index contributed by atoms with van der Waals surface area (Å²) >= 11 is 0. The number of carbonyl (C=O) groups excluding carboxylic acids is 1. The predicted octanol–water partition coefficient (Wildman–Crippen LogP) is 2.30. The van der Waals surface area contributed by atoms with Crippen LogP contribution in [0.1, 0.15) is 38.7 Å². The number of hydrogen-bond donors (Lipinski definition) is 1. The molecule has 19 heavy (non-hydrogen) atoms. The average Bonchev–Trinajstić information content (AvgIpc) is 2.87. The third-order valence-corrected chi connectivity index (χ3v) is 4.12. The molecule has 1 fully saturated rings. The summed E-state index contributed by atoms with van der Waals surface area (Å²) in [5.41, 5.74) is 6.83. The maximum Gasteiger partial charge on any atom is 0.223 e. The summed E-state index contributed by atoms with van der Waals surface area (Å²) in [5.74, 6) is 0.238. The Labute approximate surface area is 115 Å². The van der Waals surface area contributed by atoms with E-state index in [0.29, 0.717) is 13.0 Å². The van der Waals surface area contributed by atoms with Gasteiger partial charge in [0.25, 0.3) is 0 Å². The Balaban J connectivity index is 2.06. The summed E-state index contributed by atoms with van der Waals surface area (Å²) in [6.45, 7) is 5.71. The molecule has 0 bridgehead atoms. The Hall–Kier alpha value is -1.35. The highest BCUT2D eigenvalue weighted by molar-refractivity contribution is 5.78. The van der Waals surface area contributed by atoms with E-state index in [1.807, 2.05) is 23.1 Å². The molecule has 0 saturated carbocycles. The first kappa shape index (κ1) is 14.1. The Morgan fingerprint density at radius 3 is 2.68 bits per heavy atom. The fourth-order valence-corrected chi connectivity index (χ4v) is 2.88. The van der Waals surface area contributed by atoms with Gasteiger partial charge in [-0.25, -0.2) is 0 Å². The highest BCUT2D eigenvalue weighted by Crippen LogP contribution is 2.29. The lowest BCUT2D eigenvalue weighted by Crippen LogP contribution is -2.42. The molecule has 2 N–H and O–H groups in total. The van der Waals surface area contributed by atoms with Crippen LogP contribution in [0.3, 0.4) is 0 Å². The van der Waals surface area contributed by atoms with E-state index in [4.69, 9.17) is 5.73 Å². The number of carbonyl (C=O) groups is 1. The molecule has 1 atom stereocenters. The molecule has 0 aliphatic carbocycles. The minimum atomic E-state index is -0.125. The van der Waals surface area contributed by atoms with Crippen molar-refractivity contribution < 1.29 is 4.79 Å². The van der Waals surface area contributed by atoms with Gasteiger partial charge in [0.2, 0.25) is 5.91 Å². The molecule has 1 aliphatic rings. The highest BCUT2D eigenvalue weighted by Gasteiger charge is 2.32. The molecular formula is C16H24N2O. The van der Waals surface area contributed by atoms with E-state index in [-0.39, 0.29) is 17.4 Å². The predicted molar refractivity (Wildman–Crippen MR) is 77.9 cm³/mol. The molecule has 1 aliphatic heterocycles. The van der Waals surface area contributed by atoms with Gasteiger partial charge in [-0.05, 0) is 23.8 Å². The van der Waals surface area contributed by atoms with Crippen LogP contribution < -0.4 is 5.73 Å². The van der Waals surface area contributed by atoms with Gasteiger partial charge in [-0.15, -0.1) is 0 Å². The number of nitrogens with two attached hydrogens (primary N) is 1. The van der Waals surface area contributed by atoms with Gasteiger partial charge in [0, 0.05) is 25.6 Å². The quantitative estimate of drug-likeness (QED) is 0.903. The van der Waals surface area contributed by atoms with Crippen molar-refractivity contribution in [3.05, 3.63) is 35.9 Å². The van der Waals surface area contributed by atoms with Gasteiger partial charge < -0.3 is 10.6 Å². The van der Waals surface area contributed by atoms with Gasteiger partial charge in [0.05, 0.1) is 0 Å². The van der Waals surface area contributed by atoms with Crippen molar-refractivity contribution in [1.29, 1.82) is 0 Å². The largest absolute Gasteiger partial charge is 0.338 e. The van der Waals surface area contributed by atoms with Crippen molar-refractivity contribution in [2.24, 2.45) is 5.73 Å².